The van der Waals surface area contributed by atoms with E-state index in [4.69, 9.17) is 11.6 Å². The molecule has 0 saturated heterocycles. The van der Waals surface area contributed by atoms with Crippen molar-refractivity contribution in [3.63, 3.8) is 0 Å². The second-order valence-corrected chi connectivity index (χ2v) is 7.81. The molecule has 1 N–H and O–H groups in total. The lowest BCUT2D eigenvalue weighted by atomic mass is 9.95. The monoisotopic (exact) mass is 430 g/mol. The zero-order valence-corrected chi connectivity index (χ0v) is 17.1. The Bertz CT molecular complexity index is 1180. The number of aliphatic hydroxyl groups is 1. The van der Waals surface area contributed by atoms with E-state index in [2.05, 4.69) is 16.9 Å². The van der Waals surface area contributed by atoms with Gasteiger partial charge in [0.15, 0.2) is 0 Å². The van der Waals surface area contributed by atoms with E-state index in [0.29, 0.717) is 11.6 Å². The minimum atomic E-state index is -1.35. The number of aryl methyl sites for hydroxylation is 2. The lowest BCUT2D eigenvalue weighted by Crippen LogP contribution is -2.06. The third-order valence-electron chi connectivity index (χ3n) is 5.08. The molecule has 4 rings (SSSR count). The molecule has 30 heavy (non-hydrogen) atoms. The van der Waals surface area contributed by atoms with Gasteiger partial charge in [0.25, 0.3) is 0 Å². The number of aliphatic hydroxyl groups excluding tert-OH is 1. The summed E-state index contributed by atoms with van der Waals surface area (Å²) >= 11 is 6.09. The number of halogens is 4. The predicted octanol–water partition coefficient (Wildman–Crippen LogP) is 5.31. The van der Waals surface area contributed by atoms with Crippen molar-refractivity contribution in [3.05, 3.63) is 75.2 Å². The molecule has 3 nitrogen and oxygen atoms in total. The molecular formula is C23H18ClF3N2O. The molecule has 154 valence electrons. The van der Waals surface area contributed by atoms with Crippen LogP contribution >= 0.6 is 11.6 Å². The van der Waals surface area contributed by atoms with Crippen molar-refractivity contribution < 1.29 is 18.3 Å². The van der Waals surface area contributed by atoms with Crippen LogP contribution in [0.4, 0.5) is 13.2 Å². The van der Waals surface area contributed by atoms with Crippen molar-refractivity contribution in [2.24, 2.45) is 13.0 Å². The van der Waals surface area contributed by atoms with E-state index in [9.17, 15) is 18.3 Å². The highest BCUT2D eigenvalue weighted by Gasteiger charge is 2.28. The van der Waals surface area contributed by atoms with Gasteiger partial charge in [0, 0.05) is 34.7 Å². The molecule has 0 aliphatic heterocycles. The molecule has 1 heterocycles. The fourth-order valence-electron chi connectivity index (χ4n) is 3.46. The van der Waals surface area contributed by atoms with Gasteiger partial charge in [-0.3, -0.25) is 4.68 Å². The second kappa shape index (κ2) is 7.82. The molecule has 1 aliphatic carbocycles. The van der Waals surface area contributed by atoms with E-state index in [-0.39, 0.29) is 33.0 Å². The smallest absolute Gasteiger partial charge is 0.136 e. The molecule has 2 aromatic carbocycles. The van der Waals surface area contributed by atoms with E-state index in [0.717, 1.165) is 25.0 Å². The van der Waals surface area contributed by atoms with Gasteiger partial charge in [-0.05, 0) is 44.0 Å². The van der Waals surface area contributed by atoms with Crippen LogP contribution in [-0.4, -0.2) is 14.9 Å². The highest BCUT2D eigenvalue weighted by Crippen LogP contribution is 2.39. The first-order valence-electron chi connectivity index (χ1n) is 9.43. The summed E-state index contributed by atoms with van der Waals surface area (Å²) in [4.78, 5) is 0. The minimum Gasteiger partial charge on any atom is -0.383 e. The standard InChI is InChI=1S/C23H18ClF3N2O/c1-12-20(23(30)16-8-7-15(25)11-17(16)24)22(29(2)28-12)21-18(26)9-14(10-19(21)27)6-5-13-3-4-13/h7-11,13,23,30H,3-4H2,1-2H3. The minimum absolute atomic E-state index is 0.00310. The molecule has 1 unspecified atom stereocenters. The Morgan fingerprint density at radius 2 is 1.83 bits per heavy atom. The summed E-state index contributed by atoms with van der Waals surface area (Å²) in [6.45, 7) is 1.62. The zero-order valence-electron chi connectivity index (χ0n) is 16.3. The summed E-state index contributed by atoms with van der Waals surface area (Å²) in [7, 11) is 1.53. The van der Waals surface area contributed by atoms with Gasteiger partial charge in [0.05, 0.1) is 17.0 Å². The summed E-state index contributed by atoms with van der Waals surface area (Å²) in [5.74, 6) is 3.92. The summed E-state index contributed by atoms with van der Waals surface area (Å²) in [6, 6.07) is 5.92. The second-order valence-electron chi connectivity index (χ2n) is 7.40. The van der Waals surface area contributed by atoms with Crippen molar-refractivity contribution in [1.29, 1.82) is 0 Å². The van der Waals surface area contributed by atoms with E-state index < -0.39 is 23.6 Å². The Kier molecular flexibility index (Phi) is 5.35. The average molecular weight is 431 g/mol. The predicted molar refractivity (Wildman–Crippen MR) is 108 cm³/mol. The molecule has 1 aliphatic rings. The Morgan fingerprint density at radius 3 is 2.43 bits per heavy atom. The van der Waals surface area contributed by atoms with Crippen molar-refractivity contribution in [2.75, 3.05) is 0 Å². The van der Waals surface area contributed by atoms with Gasteiger partial charge < -0.3 is 5.11 Å². The number of benzene rings is 2. The van der Waals surface area contributed by atoms with Crippen LogP contribution in [0.15, 0.2) is 30.3 Å². The van der Waals surface area contributed by atoms with Gasteiger partial charge in [-0.15, -0.1) is 0 Å². The van der Waals surface area contributed by atoms with Crippen molar-refractivity contribution >= 4 is 11.6 Å². The van der Waals surface area contributed by atoms with Crippen LogP contribution in [0.5, 0.6) is 0 Å². The highest BCUT2D eigenvalue weighted by atomic mass is 35.5. The first kappa shape index (κ1) is 20.5. The number of rotatable bonds is 3. The molecule has 1 saturated carbocycles. The van der Waals surface area contributed by atoms with Crippen LogP contribution in [0, 0.1) is 42.1 Å². The summed E-state index contributed by atoms with van der Waals surface area (Å²) < 4.78 is 44.7. The van der Waals surface area contributed by atoms with E-state index in [1.165, 1.54) is 29.9 Å². The Labute approximate surface area is 177 Å². The summed E-state index contributed by atoms with van der Waals surface area (Å²) in [5, 5.41) is 15.2. The van der Waals surface area contributed by atoms with Gasteiger partial charge >= 0.3 is 0 Å². The zero-order chi connectivity index (χ0) is 21.6. The van der Waals surface area contributed by atoms with E-state index in [1.54, 1.807) is 6.92 Å². The van der Waals surface area contributed by atoms with Gasteiger partial charge in [-0.2, -0.15) is 5.10 Å². The maximum Gasteiger partial charge on any atom is 0.136 e. The van der Waals surface area contributed by atoms with Gasteiger partial charge in [0.2, 0.25) is 0 Å². The first-order valence-corrected chi connectivity index (χ1v) is 9.81. The number of aromatic nitrogens is 2. The van der Waals surface area contributed by atoms with Crippen molar-refractivity contribution in [3.8, 4) is 23.1 Å². The Morgan fingerprint density at radius 1 is 1.17 bits per heavy atom. The van der Waals surface area contributed by atoms with Gasteiger partial charge in [-0.25, -0.2) is 13.2 Å². The quantitative estimate of drug-likeness (QED) is 0.572. The number of hydrogen-bond donors (Lipinski definition) is 1. The molecule has 7 heteroatoms. The van der Waals surface area contributed by atoms with Crippen LogP contribution < -0.4 is 0 Å². The fraction of sp³-hybridized carbons (Fsp3) is 0.261. The van der Waals surface area contributed by atoms with E-state index >= 15 is 0 Å². The highest BCUT2D eigenvalue weighted by molar-refractivity contribution is 6.31. The van der Waals surface area contributed by atoms with Crippen LogP contribution in [0.1, 0.15) is 41.3 Å². The third-order valence-corrected chi connectivity index (χ3v) is 5.40. The number of hydrogen-bond acceptors (Lipinski definition) is 2. The molecular weight excluding hydrogens is 413 g/mol. The molecule has 3 aromatic rings. The van der Waals surface area contributed by atoms with Crippen LogP contribution in [0.2, 0.25) is 5.02 Å². The molecule has 0 spiro atoms. The summed E-state index contributed by atoms with van der Waals surface area (Å²) in [6.07, 6.45) is 0.671. The molecule has 0 radical (unpaired) electrons. The van der Waals surface area contributed by atoms with Gasteiger partial charge in [0.1, 0.15) is 23.6 Å². The first-order chi connectivity index (χ1) is 14.3. The van der Waals surface area contributed by atoms with Crippen molar-refractivity contribution in [1.82, 2.24) is 9.78 Å². The maximum atomic E-state index is 15.0. The fourth-order valence-corrected chi connectivity index (χ4v) is 3.73. The third kappa shape index (κ3) is 3.83. The van der Waals surface area contributed by atoms with Crippen LogP contribution in [0.25, 0.3) is 11.3 Å². The normalized spacial score (nSPS) is 14.4. The number of nitrogens with zero attached hydrogens (tertiary/aromatic N) is 2. The van der Waals surface area contributed by atoms with Crippen LogP contribution in [-0.2, 0) is 7.05 Å². The van der Waals surface area contributed by atoms with Crippen LogP contribution in [0.3, 0.4) is 0 Å². The largest absolute Gasteiger partial charge is 0.383 e. The SMILES string of the molecule is Cc1nn(C)c(-c2c(F)cc(C#CC3CC3)cc2F)c1C(O)c1ccc(F)cc1Cl. The lowest BCUT2D eigenvalue weighted by molar-refractivity contribution is 0.220. The Hall–Kier alpha value is -2.75. The van der Waals surface area contributed by atoms with E-state index in [1.807, 2.05) is 0 Å². The molecule has 1 fully saturated rings. The summed E-state index contributed by atoms with van der Waals surface area (Å²) in [5.41, 5.74) is 0.795. The molecule has 0 amide bonds. The maximum absolute atomic E-state index is 15.0. The van der Waals surface area contributed by atoms with Gasteiger partial charge in [-0.1, -0.05) is 29.5 Å². The lowest BCUT2D eigenvalue weighted by Gasteiger charge is -2.16. The molecule has 0 bridgehead atoms. The topological polar surface area (TPSA) is 38.0 Å². The Balaban J connectivity index is 1.84. The average Bonchev–Trinajstić information content (AvgIpc) is 3.44. The molecule has 1 atom stereocenters. The van der Waals surface area contributed by atoms with Crippen molar-refractivity contribution in [2.45, 2.75) is 25.9 Å². The molecule has 1 aromatic heterocycles.